The van der Waals surface area contributed by atoms with Crippen LogP contribution in [0, 0.1) is 0 Å². The lowest BCUT2D eigenvalue weighted by Gasteiger charge is -2.20. The summed E-state index contributed by atoms with van der Waals surface area (Å²) >= 11 is 9.23. The molecule has 1 amide bonds. The van der Waals surface area contributed by atoms with Gasteiger partial charge in [-0.2, -0.15) is 0 Å². The van der Waals surface area contributed by atoms with Crippen molar-refractivity contribution in [3.63, 3.8) is 0 Å². The number of carbonyl (C=O) groups excluding carboxylic acids is 1. The minimum atomic E-state index is -0.0243. The Bertz CT molecular complexity index is 420. The van der Waals surface area contributed by atoms with Gasteiger partial charge in [-0.1, -0.05) is 11.6 Å². The topological polar surface area (TPSA) is 33.2 Å². The van der Waals surface area contributed by atoms with Gasteiger partial charge in [-0.25, -0.2) is 4.98 Å². The number of halogens is 2. The molecular weight excluding hydrogens is 291 g/mol. The summed E-state index contributed by atoms with van der Waals surface area (Å²) in [6.07, 6.45) is 3.78. The summed E-state index contributed by atoms with van der Waals surface area (Å²) in [5, 5.41) is 0.271. The molecule has 0 N–H and O–H groups in total. The average Bonchev–Trinajstić information content (AvgIpc) is 3.07. The highest BCUT2D eigenvalue weighted by atomic mass is 79.9. The molecule has 0 aliphatic heterocycles. The van der Waals surface area contributed by atoms with Crippen LogP contribution >= 0.6 is 27.5 Å². The standard InChI is InChI=1S/C11H12BrClN2O/c1-2-15(8-3-4-8)11(16)9-5-7(12)6-14-10(9)13/h5-6,8H,2-4H2,1H3. The zero-order valence-electron chi connectivity index (χ0n) is 8.91. The number of rotatable bonds is 3. The number of pyridine rings is 1. The maximum atomic E-state index is 12.2. The lowest BCUT2D eigenvalue weighted by Crippen LogP contribution is -2.33. The molecule has 16 heavy (non-hydrogen) atoms. The van der Waals surface area contributed by atoms with Crippen molar-refractivity contribution < 1.29 is 4.79 Å². The molecule has 1 fully saturated rings. The molecule has 1 saturated carbocycles. The molecule has 1 aromatic heterocycles. The van der Waals surface area contributed by atoms with Gasteiger partial charge in [0.15, 0.2) is 0 Å². The van der Waals surface area contributed by atoms with E-state index in [1.807, 2.05) is 11.8 Å². The Labute approximate surface area is 108 Å². The third kappa shape index (κ3) is 2.38. The van der Waals surface area contributed by atoms with Gasteiger partial charge >= 0.3 is 0 Å². The summed E-state index contributed by atoms with van der Waals surface area (Å²) in [6, 6.07) is 2.12. The van der Waals surface area contributed by atoms with Gasteiger partial charge in [0.2, 0.25) is 0 Å². The third-order valence-electron chi connectivity index (χ3n) is 2.63. The molecule has 0 bridgehead atoms. The lowest BCUT2D eigenvalue weighted by molar-refractivity contribution is 0.0752. The Morgan fingerprint density at radius 1 is 1.69 bits per heavy atom. The van der Waals surface area contributed by atoms with E-state index in [2.05, 4.69) is 20.9 Å². The predicted molar refractivity (Wildman–Crippen MR) is 66.7 cm³/mol. The number of amides is 1. The molecule has 0 atom stereocenters. The van der Waals surface area contributed by atoms with E-state index in [1.54, 1.807) is 12.3 Å². The molecule has 1 aliphatic carbocycles. The van der Waals surface area contributed by atoms with Crippen molar-refractivity contribution >= 4 is 33.4 Å². The van der Waals surface area contributed by atoms with Gasteiger partial charge in [0.25, 0.3) is 5.91 Å². The van der Waals surface area contributed by atoms with Crippen LogP contribution in [0.15, 0.2) is 16.7 Å². The first-order chi connectivity index (χ1) is 7.63. The second-order valence-electron chi connectivity index (χ2n) is 3.81. The van der Waals surface area contributed by atoms with Crippen molar-refractivity contribution in [3.05, 3.63) is 27.5 Å². The van der Waals surface area contributed by atoms with E-state index < -0.39 is 0 Å². The second-order valence-corrected chi connectivity index (χ2v) is 5.09. The zero-order chi connectivity index (χ0) is 11.7. The fourth-order valence-corrected chi connectivity index (χ4v) is 2.20. The van der Waals surface area contributed by atoms with Crippen LogP contribution in [0.1, 0.15) is 30.1 Å². The summed E-state index contributed by atoms with van der Waals surface area (Å²) in [6.45, 7) is 2.70. The molecule has 0 aromatic carbocycles. The van der Waals surface area contributed by atoms with E-state index in [1.165, 1.54) is 0 Å². The van der Waals surface area contributed by atoms with Crippen LogP contribution in [-0.2, 0) is 0 Å². The molecule has 3 nitrogen and oxygen atoms in total. The smallest absolute Gasteiger partial charge is 0.257 e. The monoisotopic (exact) mass is 302 g/mol. The van der Waals surface area contributed by atoms with Crippen molar-refractivity contribution in [2.45, 2.75) is 25.8 Å². The highest BCUT2D eigenvalue weighted by molar-refractivity contribution is 9.10. The van der Waals surface area contributed by atoms with E-state index in [0.717, 1.165) is 17.3 Å². The second kappa shape index (κ2) is 4.72. The molecule has 0 unspecified atom stereocenters. The van der Waals surface area contributed by atoms with Crippen molar-refractivity contribution in [2.75, 3.05) is 6.54 Å². The van der Waals surface area contributed by atoms with E-state index in [0.29, 0.717) is 18.2 Å². The highest BCUT2D eigenvalue weighted by Crippen LogP contribution is 2.29. The molecule has 0 radical (unpaired) electrons. The molecule has 5 heteroatoms. The van der Waals surface area contributed by atoms with Crippen molar-refractivity contribution in [1.82, 2.24) is 9.88 Å². The molecule has 1 heterocycles. The van der Waals surface area contributed by atoms with Gasteiger partial charge in [-0.3, -0.25) is 4.79 Å². The molecule has 2 rings (SSSR count). The lowest BCUT2D eigenvalue weighted by atomic mass is 10.2. The van der Waals surface area contributed by atoms with Gasteiger partial charge in [-0.05, 0) is 41.8 Å². The quantitative estimate of drug-likeness (QED) is 0.804. The van der Waals surface area contributed by atoms with Gasteiger partial charge in [0.05, 0.1) is 5.56 Å². The molecule has 86 valence electrons. The van der Waals surface area contributed by atoms with Crippen LogP contribution in [0.5, 0.6) is 0 Å². The highest BCUT2D eigenvalue weighted by Gasteiger charge is 2.32. The average molecular weight is 304 g/mol. The van der Waals surface area contributed by atoms with E-state index in [-0.39, 0.29) is 11.1 Å². The van der Waals surface area contributed by atoms with Crippen LogP contribution < -0.4 is 0 Å². The number of carbonyl (C=O) groups is 1. The van der Waals surface area contributed by atoms with Crippen LogP contribution in [0.4, 0.5) is 0 Å². The molecule has 0 saturated heterocycles. The summed E-state index contributed by atoms with van der Waals surface area (Å²) in [5.74, 6) is -0.0243. The van der Waals surface area contributed by atoms with Gasteiger partial charge in [0, 0.05) is 23.3 Å². The Morgan fingerprint density at radius 3 is 2.94 bits per heavy atom. The third-order valence-corrected chi connectivity index (χ3v) is 3.36. The number of aromatic nitrogens is 1. The number of nitrogens with zero attached hydrogens (tertiary/aromatic N) is 2. The SMILES string of the molecule is CCN(C(=O)c1cc(Br)cnc1Cl)C1CC1. The van der Waals surface area contributed by atoms with Gasteiger partial charge in [-0.15, -0.1) is 0 Å². The van der Waals surface area contributed by atoms with Gasteiger partial charge < -0.3 is 4.90 Å². The Kier molecular flexibility index (Phi) is 3.50. The summed E-state index contributed by atoms with van der Waals surface area (Å²) in [4.78, 5) is 18.0. The van der Waals surface area contributed by atoms with Gasteiger partial charge in [0.1, 0.15) is 5.15 Å². The number of hydrogen-bond donors (Lipinski definition) is 0. The van der Waals surface area contributed by atoms with Crippen molar-refractivity contribution in [1.29, 1.82) is 0 Å². The Hall–Kier alpha value is -0.610. The van der Waals surface area contributed by atoms with E-state index in [4.69, 9.17) is 11.6 Å². The molecule has 1 aromatic rings. The maximum Gasteiger partial charge on any atom is 0.257 e. The van der Waals surface area contributed by atoms with E-state index >= 15 is 0 Å². The first kappa shape index (κ1) is 11.9. The Morgan fingerprint density at radius 2 is 2.38 bits per heavy atom. The zero-order valence-corrected chi connectivity index (χ0v) is 11.3. The minimum Gasteiger partial charge on any atom is -0.336 e. The fraction of sp³-hybridized carbons (Fsp3) is 0.455. The van der Waals surface area contributed by atoms with Crippen LogP contribution in [0.25, 0.3) is 0 Å². The van der Waals surface area contributed by atoms with Crippen LogP contribution in [-0.4, -0.2) is 28.4 Å². The first-order valence-corrected chi connectivity index (χ1v) is 6.42. The predicted octanol–water partition coefficient (Wildman–Crippen LogP) is 3.12. The molecular formula is C11H12BrClN2O. The van der Waals surface area contributed by atoms with Crippen molar-refractivity contribution in [2.24, 2.45) is 0 Å². The minimum absolute atomic E-state index is 0.0243. The van der Waals surface area contributed by atoms with E-state index in [9.17, 15) is 4.79 Å². The summed E-state index contributed by atoms with van der Waals surface area (Å²) < 4.78 is 0.770. The summed E-state index contributed by atoms with van der Waals surface area (Å²) in [5.41, 5.74) is 0.477. The number of hydrogen-bond acceptors (Lipinski definition) is 2. The van der Waals surface area contributed by atoms with Crippen LogP contribution in [0.3, 0.4) is 0 Å². The molecule has 1 aliphatic rings. The van der Waals surface area contributed by atoms with Crippen LogP contribution in [0.2, 0.25) is 5.15 Å². The molecule has 0 spiro atoms. The van der Waals surface area contributed by atoms with Crippen molar-refractivity contribution in [3.8, 4) is 0 Å². The first-order valence-electron chi connectivity index (χ1n) is 5.25. The Balaban J connectivity index is 2.28. The summed E-state index contributed by atoms with van der Waals surface area (Å²) in [7, 11) is 0. The maximum absolute atomic E-state index is 12.2. The fourth-order valence-electron chi connectivity index (χ4n) is 1.68. The largest absolute Gasteiger partial charge is 0.336 e. The normalized spacial score (nSPS) is 14.9.